The van der Waals surface area contributed by atoms with Crippen molar-refractivity contribution in [2.24, 2.45) is 11.7 Å². The monoisotopic (exact) mass is 344 g/mol. The molecule has 0 spiro atoms. The molecule has 2 heterocycles. The molecule has 0 radical (unpaired) electrons. The summed E-state index contributed by atoms with van der Waals surface area (Å²) in [4.78, 5) is 13.5. The lowest BCUT2D eigenvalue weighted by atomic mass is 9.72. The van der Waals surface area contributed by atoms with Gasteiger partial charge in [0.1, 0.15) is 5.75 Å². The third-order valence-electron chi connectivity index (χ3n) is 4.63. The smallest absolute Gasteiger partial charge is 0.303 e. The topological polar surface area (TPSA) is 75.8 Å². The number of nitrogens with zero attached hydrogens (tertiary/aromatic N) is 1. The highest BCUT2D eigenvalue weighted by atomic mass is 35.5. The van der Waals surface area contributed by atoms with E-state index >= 15 is 0 Å². The van der Waals surface area contributed by atoms with Gasteiger partial charge in [0.15, 0.2) is 5.72 Å². The van der Waals surface area contributed by atoms with Gasteiger partial charge in [-0.3, -0.25) is 10.5 Å². The minimum absolute atomic E-state index is 0.0233. The average Bonchev–Trinajstić information content (AvgIpc) is 2.41. The molecule has 5 nitrogen and oxygen atoms in total. The molecule has 1 aromatic carbocycles. The number of halogens is 2. The van der Waals surface area contributed by atoms with Crippen LogP contribution in [0.1, 0.15) is 24.3 Å². The molecule has 22 heavy (non-hydrogen) atoms. The van der Waals surface area contributed by atoms with Crippen LogP contribution in [-0.2, 0) is 4.79 Å². The molecule has 3 atom stereocenters. The Hall–Kier alpha value is -1.01. The Morgan fingerprint density at radius 1 is 1.55 bits per heavy atom. The maximum absolute atomic E-state index is 11.3. The second kappa shape index (κ2) is 5.57. The highest BCUT2D eigenvalue weighted by Gasteiger charge is 2.50. The van der Waals surface area contributed by atoms with Crippen molar-refractivity contribution in [1.82, 2.24) is 4.90 Å². The van der Waals surface area contributed by atoms with E-state index < -0.39 is 11.7 Å². The third-order valence-corrected chi connectivity index (χ3v) is 5.13. The number of piperidine rings is 1. The fourth-order valence-electron chi connectivity index (χ4n) is 3.54. The van der Waals surface area contributed by atoms with Crippen molar-refractivity contribution in [3.05, 3.63) is 27.7 Å². The van der Waals surface area contributed by atoms with E-state index in [2.05, 4.69) is 4.90 Å². The molecule has 3 rings (SSSR count). The van der Waals surface area contributed by atoms with E-state index in [1.165, 1.54) is 0 Å². The Morgan fingerprint density at radius 3 is 2.95 bits per heavy atom. The quantitative estimate of drug-likeness (QED) is 0.862. The standard InChI is InChI=1S/C15H18Cl2N2O3/c1-19-3-2-15(18)11(7-19)9(6-13(20)21)10-4-8(16)5-12(17)14(10)22-15/h4-5,9,11H,2-3,6-7,18H2,1H3,(H,20,21). The van der Waals surface area contributed by atoms with Gasteiger partial charge in [-0.2, -0.15) is 0 Å². The van der Waals surface area contributed by atoms with Gasteiger partial charge >= 0.3 is 5.97 Å². The Bertz CT molecular complexity index is 625. The molecule has 0 aromatic heterocycles. The Kier molecular flexibility index (Phi) is 4.01. The number of nitrogens with two attached hydrogens (primary N) is 1. The maximum atomic E-state index is 11.3. The SMILES string of the molecule is CN1CCC2(N)Oc3c(Cl)cc(Cl)cc3C(CC(=O)O)C2C1. The molecule has 3 unspecified atom stereocenters. The van der Waals surface area contributed by atoms with Crippen molar-refractivity contribution in [1.29, 1.82) is 0 Å². The van der Waals surface area contributed by atoms with Gasteiger partial charge in [0.05, 0.1) is 11.4 Å². The van der Waals surface area contributed by atoms with Gasteiger partial charge in [-0.15, -0.1) is 0 Å². The van der Waals surface area contributed by atoms with E-state index in [-0.39, 0.29) is 18.3 Å². The lowest BCUT2D eigenvalue weighted by Gasteiger charge is -2.51. The van der Waals surface area contributed by atoms with Gasteiger partial charge in [-0.25, -0.2) is 0 Å². The second-order valence-electron chi connectivity index (χ2n) is 6.19. The van der Waals surface area contributed by atoms with E-state index in [0.29, 0.717) is 28.8 Å². The van der Waals surface area contributed by atoms with Crippen molar-refractivity contribution in [2.75, 3.05) is 20.1 Å². The molecule has 0 aliphatic carbocycles. The number of ether oxygens (including phenoxy) is 1. The van der Waals surface area contributed by atoms with Crippen molar-refractivity contribution in [3.8, 4) is 5.75 Å². The Balaban J connectivity index is 2.12. The predicted octanol–water partition coefficient (Wildman–Crippen LogP) is 2.55. The predicted molar refractivity (Wildman–Crippen MR) is 84.6 cm³/mol. The number of hydrogen-bond donors (Lipinski definition) is 2. The van der Waals surface area contributed by atoms with Gasteiger partial charge in [-0.05, 0) is 19.2 Å². The molecule has 2 aliphatic heterocycles. The van der Waals surface area contributed by atoms with Gasteiger partial charge in [0.25, 0.3) is 0 Å². The molecule has 1 saturated heterocycles. The average molecular weight is 345 g/mol. The number of fused-ring (bicyclic) bond motifs is 2. The van der Waals surface area contributed by atoms with E-state index in [1.54, 1.807) is 12.1 Å². The minimum Gasteiger partial charge on any atom is -0.481 e. The van der Waals surface area contributed by atoms with E-state index in [0.717, 1.165) is 12.1 Å². The summed E-state index contributed by atoms with van der Waals surface area (Å²) in [6.07, 6.45) is 0.604. The fraction of sp³-hybridized carbons (Fsp3) is 0.533. The summed E-state index contributed by atoms with van der Waals surface area (Å²) < 4.78 is 6.04. The van der Waals surface area contributed by atoms with Crippen LogP contribution in [0.5, 0.6) is 5.75 Å². The molecule has 3 N–H and O–H groups in total. The van der Waals surface area contributed by atoms with Crippen molar-refractivity contribution < 1.29 is 14.6 Å². The Labute approximate surface area is 138 Å². The number of rotatable bonds is 2. The number of carboxylic acids is 1. The highest BCUT2D eigenvalue weighted by Crippen LogP contribution is 2.51. The number of aliphatic carboxylic acids is 1. The molecule has 1 aromatic rings. The first-order chi connectivity index (χ1) is 10.3. The van der Waals surface area contributed by atoms with Crippen LogP contribution in [0.4, 0.5) is 0 Å². The van der Waals surface area contributed by atoms with Crippen LogP contribution in [0.15, 0.2) is 12.1 Å². The summed E-state index contributed by atoms with van der Waals surface area (Å²) >= 11 is 12.3. The van der Waals surface area contributed by atoms with Crippen LogP contribution in [-0.4, -0.2) is 41.8 Å². The highest BCUT2D eigenvalue weighted by molar-refractivity contribution is 6.35. The van der Waals surface area contributed by atoms with Crippen LogP contribution >= 0.6 is 23.2 Å². The lowest BCUT2D eigenvalue weighted by Crippen LogP contribution is -2.63. The zero-order valence-electron chi connectivity index (χ0n) is 12.2. The first-order valence-corrected chi connectivity index (χ1v) is 7.93. The van der Waals surface area contributed by atoms with Crippen LogP contribution < -0.4 is 10.5 Å². The Morgan fingerprint density at radius 2 is 2.27 bits per heavy atom. The number of carbonyl (C=O) groups is 1. The molecular weight excluding hydrogens is 327 g/mol. The van der Waals surface area contributed by atoms with Gasteiger partial charge in [-0.1, -0.05) is 23.2 Å². The van der Waals surface area contributed by atoms with Crippen molar-refractivity contribution >= 4 is 29.2 Å². The first kappa shape index (κ1) is 15.9. The summed E-state index contributed by atoms with van der Waals surface area (Å²) in [5, 5.41) is 10.2. The van der Waals surface area contributed by atoms with Crippen LogP contribution in [0.3, 0.4) is 0 Å². The first-order valence-electron chi connectivity index (χ1n) is 7.17. The van der Waals surface area contributed by atoms with Crippen LogP contribution in [0.25, 0.3) is 0 Å². The van der Waals surface area contributed by atoms with Crippen molar-refractivity contribution in [3.63, 3.8) is 0 Å². The van der Waals surface area contributed by atoms with Gasteiger partial charge in [0.2, 0.25) is 0 Å². The zero-order valence-corrected chi connectivity index (χ0v) is 13.7. The largest absolute Gasteiger partial charge is 0.481 e. The summed E-state index contributed by atoms with van der Waals surface area (Å²) in [5.41, 5.74) is 6.33. The molecule has 0 bridgehead atoms. The van der Waals surface area contributed by atoms with Crippen LogP contribution in [0.2, 0.25) is 10.0 Å². The van der Waals surface area contributed by atoms with Gasteiger partial charge in [0, 0.05) is 41.9 Å². The summed E-state index contributed by atoms with van der Waals surface area (Å²) in [5.74, 6) is -0.792. The molecular formula is C15H18Cl2N2O3. The molecule has 0 amide bonds. The van der Waals surface area contributed by atoms with E-state index in [4.69, 9.17) is 33.7 Å². The van der Waals surface area contributed by atoms with E-state index in [1.807, 2.05) is 7.05 Å². The van der Waals surface area contributed by atoms with Gasteiger partial charge < -0.3 is 14.7 Å². The number of hydrogen-bond acceptors (Lipinski definition) is 4. The molecule has 7 heteroatoms. The number of likely N-dealkylation sites (tertiary alicyclic amines) is 1. The normalized spacial score (nSPS) is 31.1. The maximum Gasteiger partial charge on any atom is 0.303 e. The van der Waals surface area contributed by atoms with Crippen molar-refractivity contribution in [2.45, 2.75) is 24.5 Å². The number of benzene rings is 1. The molecule has 120 valence electrons. The van der Waals surface area contributed by atoms with Crippen LogP contribution in [0, 0.1) is 5.92 Å². The lowest BCUT2D eigenvalue weighted by molar-refractivity contribution is -0.139. The second-order valence-corrected chi connectivity index (χ2v) is 7.03. The molecule has 0 saturated carbocycles. The summed E-state index contributed by atoms with van der Waals surface area (Å²) in [7, 11) is 2.00. The minimum atomic E-state index is -0.892. The zero-order chi connectivity index (χ0) is 16.1. The third kappa shape index (κ3) is 2.67. The number of carboxylic acid groups (broad SMARTS) is 1. The van der Waals surface area contributed by atoms with E-state index in [9.17, 15) is 9.90 Å². The molecule has 1 fully saturated rings. The summed E-state index contributed by atoms with van der Waals surface area (Å²) in [6, 6.07) is 3.34. The summed E-state index contributed by atoms with van der Waals surface area (Å²) in [6.45, 7) is 1.48. The fourth-order valence-corrected chi connectivity index (χ4v) is 4.09. The molecule has 2 aliphatic rings.